The van der Waals surface area contributed by atoms with Crippen molar-refractivity contribution in [2.24, 2.45) is 5.73 Å². The molecule has 1 rings (SSSR count). The highest BCUT2D eigenvalue weighted by Crippen LogP contribution is 2.27. The first-order valence-corrected chi connectivity index (χ1v) is 4.80. The van der Waals surface area contributed by atoms with Crippen LogP contribution >= 0.6 is 0 Å². The van der Waals surface area contributed by atoms with E-state index in [4.69, 9.17) is 10.8 Å². The summed E-state index contributed by atoms with van der Waals surface area (Å²) >= 11 is 0. The van der Waals surface area contributed by atoms with Crippen LogP contribution in [0.15, 0.2) is 0 Å². The smallest absolute Gasteiger partial charge is 0.305 e. The molecule has 5 heteroatoms. The van der Waals surface area contributed by atoms with E-state index < -0.39 is 12.0 Å². The molecule has 0 aromatic rings. The van der Waals surface area contributed by atoms with Gasteiger partial charge in [-0.1, -0.05) is 0 Å². The van der Waals surface area contributed by atoms with E-state index in [9.17, 15) is 9.59 Å². The molecule has 0 saturated heterocycles. The third-order valence-corrected chi connectivity index (χ3v) is 2.23. The van der Waals surface area contributed by atoms with Gasteiger partial charge < -0.3 is 15.7 Å². The largest absolute Gasteiger partial charge is 0.481 e. The minimum atomic E-state index is -0.881. The van der Waals surface area contributed by atoms with Gasteiger partial charge in [0.2, 0.25) is 5.91 Å². The second-order valence-electron chi connectivity index (χ2n) is 3.70. The van der Waals surface area contributed by atoms with Crippen molar-refractivity contribution in [3.05, 3.63) is 0 Å². The molecule has 0 radical (unpaired) electrons. The van der Waals surface area contributed by atoms with Crippen molar-refractivity contribution < 1.29 is 14.7 Å². The second-order valence-corrected chi connectivity index (χ2v) is 3.70. The number of hydrogen-bond acceptors (Lipinski definition) is 3. The summed E-state index contributed by atoms with van der Waals surface area (Å²) in [4.78, 5) is 23.5. The van der Waals surface area contributed by atoms with E-state index in [0.717, 1.165) is 12.8 Å². The lowest BCUT2D eigenvalue weighted by atomic mass is 10.2. The van der Waals surface area contributed by atoms with Gasteiger partial charge in [0, 0.05) is 12.6 Å². The van der Waals surface area contributed by atoms with Gasteiger partial charge in [-0.25, -0.2) is 0 Å². The Labute approximate surface area is 82.9 Å². The minimum Gasteiger partial charge on any atom is -0.481 e. The molecular formula is C9H16N2O3. The van der Waals surface area contributed by atoms with Crippen molar-refractivity contribution in [3.8, 4) is 0 Å². The third kappa shape index (κ3) is 2.99. The summed E-state index contributed by atoms with van der Waals surface area (Å²) in [5, 5.41) is 8.52. The Morgan fingerprint density at radius 3 is 2.50 bits per heavy atom. The number of carboxylic acids is 1. The van der Waals surface area contributed by atoms with Crippen molar-refractivity contribution >= 4 is 11.9 Å². The summed E-state index contributed by atoms with van der Waals surface area (Å²) in [6.45, 7) is 1.90. The summed E-state index contributed by atoms with van der Waals surface area (Å²) in [6, 6.07) is -0.308. The van der Waals surface area contributed by atoms with Gasteiger partial charge in [-0.3, -0.25) is 9.59 Å². The Morgan fingerprint density at radius 2 is 2.14 bits per heavy atom. The van der Waals surface area contributed by atoms with Gasteiger partial charge in [0.15, 0.2) is 0 Å². The first-order valence-electron chi connectivity index (χ1n) is 4.80. The van der Waals surface area contributed by atoms with E-state index in [1.165, 1.54) is 0 Å². The first kappa shape index (κ1) is 11.0. The van der Waals surface area contributed by atoms with Gasteiger partial charge in [0.1, 0.15) is 0 Å². The average Bonchev–Trinajstić information content (AvgIpc) is 2.87. The number of rotatable bonds is 5. The Balaban J connectivity index is 2.46. The van der Waals surface area contributed by atoms with Crippen LogP contribution in [0.2, 0.25) is 0 Å². The zero-order valence-electron chi connectivity index (χ0n) is 8.27. The van der Waals surface area contributed by atoms with Crippen LogP contribution in [-0.2, 0) is 9.59 Å². The maximum absolute atomic E-state index is 11.5. The number of carbonyl (C=O) groups is 2. The molecule has 0 bridgehead atoms. The summed E-state index contributed by atoms with van der Waals surface area (Å²) in [7, 11) is 0. The maximum Gasteiger partial charge on any atom is 0.305 e. The first-order chi connectivity index (χ1) is 6.52. The number of carbonyl (C=O) groups excluding carboxylic acids is 1. The van der Waals surface area contributed by atoms with Gasteiger partial charge in [-0.15, -0.1) is 0 Å². The van der Waals surface area contributed by atoms with Crippen LogP contribution in [-0.4, -0.2) is 40.5 Å². The zero-order valence-corrected chi connectivity index (χ0v) is 8.27. The predicted octanol–water partition coefficient (Wildman–Crippen LogP) is -0.201. The highest BCUT2D eigenvalue weighted by atomic mass is 16.4. The minimum absolute atomic E-state index is 0.00500. The summed E-state index contributed by atoms with van der Waals surface area (Å²) in [5.74, 6) is -1.03. The predicted molar refractivity (Wildman–Crippen MR) is 50.6 cm³/mol. The van der Waals surface area contributed by atoms with Crippen molar-refractivity contribution in [1.29, 1.82) is 0 Å². The molecule has 1 aliphatic rings. The normalized spacial score (nSPS) is 17.6. The van der Waals surface area contributed by atoms with Crippen LogP contribution in [0.5, 0.6) is 0 Å². The lowest BCUT2D eigenvalue weighted by molar-refractivity contribution is -0.139. The molecule has 1 atom stereocenters. The molecule has 1 saturated carbocycles. The van der Waals surface area contributed by atoms with Crippen LogP contribution in [0, 0.1) is 0 Å². The number of nitrogens with two attached hydrogens (primary N) is 1. The second kappa shape index (κ2) is 4.41. The van der Waals surface area contributed by atoms with Gasteiger partial charge in [-0.2, -0.15) is 0 Å². The van der Waals surface area contributed by atoms with Gasteiger partial charge in [0.25, 0.3) is 0 Å². The average molecular weight is 200 g/mol. The Kier molecular flexibility index (Phi) is 3.46. The van der Waals surface area contributed by atoms with Crippen LogP contribution in [0.3, 0.4) is 0 Å². The Hall–Kier alpha value is -1.10. The summed E-state index contributed by atoms with van der Waals surface area (Å²) < 4.78 is 0. The lowest BCUT2D eigenvalue weighted by Crippen LogP contribution is -2.44. The number of hydrogen-bond donors (Lipinski definition) is 2. The molecule has 0 spiro atoms. The topological polar surface area (TPSA) is 83.6 Å². The zero-order chi connectivity index (χ0) is 10.7. The molecule has 80 valence electrons. The standard InChI is InChI=1S/C9H16N2O3/c1-6(10)9(14)11(7-2-3-7)5-4-8(12)13/h6-7H,2-5,10H2,1H3,(H,12,13)/t6-/m1/s1. The van der Waals surface area contributed by atoms with Crippen LogP contribution in [0.25, 0.3) is 0 Å². The van der Waals surface area contributed by atoms with E-state index >= 15 is 0 Å². The lowest BCUT2D eigenvalue weighted by Gasteiger charge is -2.23. The Bertz CT molecular complexity index is 236. The molecule has 5 nitrogen and oxygen atoms in total. The van der Waals surface area contributed by atoms with Crippen LogP contribution in [0.1, 0.15) is 26.2 Å². The molecule has 0 aromatic carbocycles. The van der Waals surface area contributed by atoms with E-state index in [0.29, 0.717) is 0 Å². The fourth-order valence-electron chi connectivity index (χ4n) is 1.34. The highest BCUT2D eigenvalue weighted by molar-refractivity contribution is 5.82. The SMILES string of the molecule is C[C@@H](N)C(=O)N(CCC(=O)O)C1CC1. The van der Waals surface area contributed by atoms with E-state index in [-0.39, 0.29) is 24.9 Å². The summed E-state index contributed by atoms with van der Waals surface area (Å²) in [6.07, 6.45) is 1.94. The van der Waals surface area contributed by atoms with Crippen molar-refractivity contribution in [1.82, 2.24) is 4.90 Å². The summed E-state index contributed by atoms with van der Waals surface area (Å²) in [5.41, 5.74) is 5.47. The van der Waals surface area contributed by atoms with Crippen molar-refractivity contribution in [3.63, 3.8) is 0 Å². The molecule has 3 N–H and O–H groups in total. The van der Waals surface area contributed by atoms with Crippen molar-refractivity contribution in [2.45, 2.75) is 38.3 Å². The van der Waals surface area contributed by atoms with E-state index in [1.807, 2.05) is 0 Å². The fraction of sp³-hybridized carbons (Fsp3) is 0.778. The van der Waals surface area contributed by atoms with Gasteiger partial charge in [0.05, 0.1) is 12.5 Å². The molecule has 1 amide bonds. The molecule has 0 heterocycles. The molecule has 0 aliphatic heterocycles. The molecular weight excluding hydrogens is 184 g/mol. The maximum atomic E-state index is 11.5. The number of nitrogens with zero attached hydrogens (tertiary/aromatic N) is 1. The molecule has 1 fully saturated rings. The number of carboxylic acid groups (broad SMARTS) is 1. The number of aliphatic carboxylic acids is 1. The van der Waals surface area contributed by atoms with Gasteiger partial charge in [-0.05, 0) is 19.8 Å². The van der Waals surface area contributed by atoms with Gasteiger partial charge >= 0.3 is 5.97 Å². The van der Waals surface area contributed by atoms with E-state index in [2.05, 4.69) is 0 Å². The fourth-order valence-corrected chi connectivity index (χ4v) is 1.34. The van der Waals surface area contributed by atoms with Crippen LogP contribution in [0.4, 0.5) is 0 Å². The monoisotopic (exact) mass is 200 g/mol. The molecule has 0 unspecified atom stereocenters. The van der Waals surface area contributed by atoms with Crippen LogP contribution < -0.4 is 5.73 Å². The Morgan fingerprint density at radius 1 is 1.57 bits per heavy atom. The third-order valence-electron chi connectivity index (χ3n) is 2.23. The molecule has 0 aromatic heterocycles. The quantitative estimate of drug-likeness (QED) is 0.643. The number of amides is 1. The molecule has 14 heavy (non-hydrogen) atoms. The van der Waals surface area contributed by atoms with E-state index in [1.54, 1.807) is 11.8 Å². The van der Waals surface area contributed by atoms with Crippen molar-refractivity contribution in [2.75, 3.05) is 6.54 Å². The highest BCUT2D eigenvalue weighted by Gasteiger charge is 2.33. The molecule has 1 aliphatic carbocycles.